The van der Waals surface area contributed by atoms with Crippen molar-refractivity contribution in [3.05, 3.63) is 76.8 Å². The van der Waals surface area contributed by atoms with Crippen LogP contribution in [0.3, 0.4) is 0 Å². The van der Waals surface area contributed by atoms with Gasteiger partial charge in [0.1, 0.15) is 11.5 Å². The highest BCUT2D eigenvalue weighted by atomic mass is 35.5. The van der Waals surface area contributed by atoms with E-state index in [-0.39, 0.29) is 11.7 Å². The third kappa shape index (κ3) is 3.73. The number of hydrogen-bond acceptors (Lipinski definition) is 3. The summed E-state index contributed by atoms with van der Waals surface area (Å²) in [5.41, 5.74) is 3.02. The first-order chi connectivity index (χ1) is 13.5. The van der Waals surface area contributed by atoms with Crippen molar-refractivity contribution >= 4 is 23.2 Å². The molecule has 0 radical (unpaired) electrons. The molecule has 5 nitrogen and oxygen atoms in total. The van der Waals surface area contributed by atoms with Crippen molar-refractivity contribution in [2.45, 2.75) is 6.92 Å². The molecule has 1 aliphatic heterocycles. The summed E-state index contributed by atoms with van der Waals surface area (Å²) < 4.78 is 14.8. The molecular formula is C21H20ClFN4O. The number of rotatable bonds is 3. The predicted octanol–water partition coefficient (Wildman–Crippen LogP) is 3.94. The predicted molar refractivity (Wildman–Crippen MR) is 108 cm³/mol. The van der Waals surface area contributed by atoms with Gasteiger partial charge >= 0.3 is 0 Å². The number of anilines is 1. The number of carbonyl (C=O) groups excluding carboxylic acids is 1. The SMILES string of the molecule is Cc1cc(C(=O)N2CCN(c3ccc(F)cc3)CC2)n(-c2cccc(Cl)c2)n1. The van der Waals surface area contributed by atoms with Gasteiger partial charge in [0.05, 0.1) is 11.4 Å². The molecule has 3 aromatic rings. The number of carbonyl (C=O) groups is 1. The van der Waals surface area contributed by atoms with Crippen LogP contribution >= 0.6 is 11.6 Å². The van der Waals surface area contributed by atoms with Gasteiger partial charge in [0, 0.05) is 36.9 Å². The van der Waals surface area contributed by atoms with Crippen molar-refractivity contribution in [3.8, 4) is 5.69 Å². The summed E-state index contributed by atoms with van der Waals surface area (Å²) in [4.78, 5) is 17.1. The largest absolute Gasteiger partial charge is 0.368 e. The standard InChI is InChI=1S/C21H20ClFN4O/c1-15-13-20(27(24-15)19-4-2-3-16(22)14-19)21(28)26-11-9-25(10-12-26)18-7-5-17(23)6-8-18/h2-8,13-14H,9-12H2,1H3. The molecule has 1 aliphatic rings. The zero-order valence-electron chi connectivity index (χ0n) is 15.5. The molecule has 144 valence electrons. The van der Waals surface area contributed by atoms with E-state index >= 15 is 0 Å². The minimum atomic E-state index is -0.248. The quantitative estimate of drug-likeness (QED) is 0.671. The highest BCUT2D eigenvalue weighted by Crippen LogP contribution is 2.21. The molecule has 2 aromatic carbocycles. The lowest BCUT2D eigenvalue weighted by Gasteiger charge is -2.36. The fourth-order valence-corrected chi connectivity index (χ4v) is 3.62. The molecule has 0 unspecified atom stereocenters. The van der Waals surface area contributed by atoms with E-state index in [0.717, 1.165) is 17.1 Å². The summed E-state index contributed by atoms with van der Waals surface area (Å²) in [6.45, 7) is 4.44. The minimum absolute atomic E-state index is 0.0562. The Bertz CT molecular complexity index is 994. The first kappa shape index (κ1) is 18.5. The Kier molecular flexibility index (Phi) is 5.05. The van der Waals surface area contributed by atoms with Crippen LogP contribution in [0.5, 0.6) is 0 Å². The number of amides is 1. The summed E-state index contributed by atoms with van der Waals surface area (Å²) >= 11 is 6.10. The number of hydrogen-bond donors (Lipinski definition) is 0. The van der Waals surface area contributed by atoms with Crippen molar-refractivity contribution in [1.29, 1.82) is 0 Å². The number of piperazine rings is 1. The maximum absolute atomic E-state index is 13.1. The lowest BCUT2D eigenvalue weighted by molar-refractivity contribution is 0.0737. The van der Waals surface area contributed by atoms with Crippen LogP contribution in [0.2, 0.25) is 5.02 Å². The summed E-state index contributed by atoms with van der Waals surface area (Å²) in [6.07, 6.45) is 0. The molecule has 2 heterocycles. The van der Waals surface area contributed by atoms with E-state index in [2.05, 4.69) is 10.00 Å². The molecule has 0 atom stereocenters. The van der Waals surface area contributed by atoms with Gasteiger partial charge in [-0.15, -0.1) is 0 Å². The van der Waals surface area contributed by atoms with Crippen LogP contribution in [0.4, 0.5) is 10.1 Å². The van der Waals surface area contributed by atoms with Gasteiger partial charge in [-0.2, -0.15) is 5.10 Å². The molecule has 1 fully saturated rings. The van der Waals surface area contributed by atoms with Crippen molar-refractivity contribution < 1.29 is 9.18 Å². The van der Waals surface area contributed by atoms with Crippen LogP contribution in [-0.2, 0) is 0 Å². The molecule has 0 spiro atoms. The van der Waals surface area contributed by atoms with Crippen molar-refractivity contribution in [2.75, 3.05) is 31.1 Å². The van der Waals surface area contributed by atoms with Crippen LogP contribution in [0.15, 0.2) is 54.6 Å². The Morgan fingerprint density at radius 2 is 1.71 bits per heavy atom. The molecular weight excluding hydrogens is 379 g/mol. The summed E-state index contributed by atoms with van der Waals surface area (Å²) in [7, 11) is 0. The first-order valence-electron chi connectivity index (χ1n) is 9.14. The second-order valence-corrected chi connectivity index (χ2v) is 7.25. The zero-order chi connectivity index (χ0) is 19.7. The van der Waals surface area contributed by atoms with Gasteiger partial charge in [-0.1, -0.05) is 17.7 Å². The van der Waals surface area contributed by atoms with E-state index in [9.17, 15) is 9.18 Å². The Morgan fingerprint density at radius 3 is 2.39 bits per heavy atom. The Hall–Kier alpha value is -2.86. The molecule has 0 saturated carbocycles. The fraction of sp³-hybridized carbons (Fsp3) is 0.238. The molecule has 28 heavy (non-hydrogen) atoms. The monoisotopic (exact) mass is 398 g/mol. The lowest BCUT2D eigenvalue weighted by Crippen LogP contribution is -2.49. The smallest absolute Gasteiger partial charge is 0.272 e. The van der Waals surface area contributed by atoms with E-state index in [0.29, 0.717) is 36.9 Å². The first-order valence-corrected chi connectivity index (χ1v) is 9.51. The molecule has 4 rings (SSSR count). The topological polar surface area (TPSA) is 41.4 Å². The fourth-order valence-electron chi connectivity index (χ4n) is 3.44. The van der Waals surface area contributed by atoms with Crippen LogP contribution < -0.4 is 4.90 Å². The van der Waals surface area contributed by atoms with Gasteiger partial charge in [0.2, 0.25) is 0 Å². The molecule has 7 heteroatoms. The van der Waals surface area contributed by atoms with E-state index < -0.39 is 0 Å². The maximum Gasteiger partial charge on any atom is 0.272 e. The lowest BCUT2D eigenvalue weighted by atomic mass is 10.2. The highest BCUT2D eigenvalue weighted by Gasteiger charge is 2.25. The third-order valence-electron chi connectivity index (χ3n) is 4.86. The third-order valence-corrected chi connectivity index (χ3v) is 5.10. The van der Waals surface area contributed by atoms with Gasteiger partial charge in [-0.25, -0.2) is 9.07 Å². The van der Waals surface area contributed by atoms with Gasteiger partial charge in [0.25, 0.3) is 5.91 Å². The molecule has 1 amide bonds. The molecule has 0 bridgehead atoms. The molecule has 0 aliphatic carbocycles. The second kappa shape index (κ2) is 7.64. The second-order valence-electron chi connectivity index (χ2n) is 6.82. The van der Waals surface area contributed by atoms with E-state index in [1.54, 1.807) is 35.0 Å². The van der Waals surface area contributed by atoms with E-state index in [4.69, 9.17) is 11.6 Å². The normalized spacial score (nSPS) is 14.4. The number of benzene rings is 2. The van der Waals surface area contributed by atoms with Crippen molar-refractivity contribution in [2.24, 2.45) is 0 Å². The Balaban J connectivity index is 1.51. The number of nitrogens with zero attached hydrogens (tertiary/aromatic N) is 4. The molecule has 1 aromatic heterocycles. The van der Waals surface area contributed by atoms with Gasteiger partial charge < -0.3 is 9.80 Å². The van der Waals surface area contributed by atoms with E-state index in [1.165, 1.54) is 12.1 Å². The van der Waals surface area contributed by atoms with Gasteiger partial charge in [0.15, 0.2) is 0 Å². The zero-order valence-corrected chi connectivity index (χ0v) is 16.2. The van der Waals surface area contributed by atoms with Crippen LogP contribution in [-0.4, -0.2) is 46.8 Å². The molecule has 0 N–H and O–H groups in total. The summed E-state index contributed by atoms with van der Waals surface area (Å²) in [5.74, 6) is -0.304. The van der Waals surface area contributed by atoms with Crippen LogP contribution in [0.25, 0.3) is 5.69 Å². The minimum Gasteiger partial charge on any atom is -0.368 e. The number of aromatic nitrogens is 2. The molecule has 1 saturated heterocycles. The highest BCUT2D eigenvalue weighted by molar-refractivity contribution is 6.30. The van der Waals surface area contributed by atoms with Gasteiger partial charge in [-0.3, -0.25) is 4.79 Å². The maximum atomic E-state index is 13.1. The van der Waals surface area contributed by atoms with Crippen molar-refractivity contribution in [1.82, 2.24) is 14.7 Å². The number of halogens is 2. The Morgan fingerprint density at radius 1 is 1.00 bits per heavy atom. The Labute approximate surface area is 167 Å². The van der Waals surface area contributed by atoms with Gasteiger partial charge in [-0.05, 0) is 55.5 Å². The number of aryl methyl sites for hydroxylation is 1. The van der Waals surface area contributed by atoms with E-state index in [1.807, 2.05) is 24.0 Å². The average Bonchev–Trinajstić information content (AvgIpc) is 3.10. The average molecular weight is 399 g/mol. The summed E-state index contributed by atoms with van der Waals surface area (Å²) in [5, 5.41) is 5.07. The van der Waals surface area contributed by atoms with Crippen molar-refractivity contribution in [3.63, 3.8) is 0 Å². The summed E-state index contributed by atoms with van der Waals surface area (Å²) in [6, 6.07) is 15.5. The van der Waals surface area contributed by atoms with Crippen LogP contribution in [0, 0.1) is 12.7 Å². The van der Waals surface area contributed by atoms with Crippen LogP contribution in [0.1, 0.15) is 16.2 Å².